The predicted molar refractivity (Wildman–Crippen MR) is 89.9 cm³/mol. The number of hydrogen-bond donors (Lipinski definition) is 0. The Hall–Kier alpha value is -0.301. The van der Waals surface area contributed by atoms with Crippen LogP contribution in [0.25, 0.3) is 0 Å². The molecule has 0 spiro atoms. The van der Waals surface area contributed by atoms with E-state index in [0.29, 0.717) is 20.0 Å². The molecule has 0 aliphatic carbocycles. The summed E-state index contributed by atoms with van der Waals surface area (Å²) in [7, 11) is 1.86. The van der Waals surface area contributed by atoms with Crippen molar-refractivity contribution in [1.82, 2.24) is 0 Å². The third-order valence-corrected chi connectivity index (χ3v) is 6.16. The van der Waals surface area contributed by atoms with Gasteiger partial charge in [-0.05, 0) is 0 Å². The van der Waals surface area contributed by atoms with E-state index in [1.807, 2.05) is 7.11 Å². The molecule has 1 aromatic carbocycles. The fraction of sp³-hybridized carbons (Fsp3) is 0.667. The third kappa shape index (κ3) is 8.79. The standard InChI is InChI=1S/C18H30OSe/c1-3-4-5-6-7-8-9-13-16-18(19-2)20-17-14-11-10-12-15-17/h10-12,14-15,18H,3-9,13,16H2,1-2H3. The van der Waals surface area contributed by atoms with Crippen molar-refractivity contribution in [1.29, 1.82) is 0 Å². The first-order valence-corrected chi connectivity index (χ1v) is 9.96. The molecule has 0 radical (unpaired) electrons. The molecule has 1 aromatic rings. The van der Waals surface area contributed by atoms with Crippen molar-refractivity contribution in [3.63, 3.8) is 0 Å². The molecule has 0 saturated carbocycles. The van der Waals surface area contributed by atoms with Gasteiger partial charge in [-0.2, -0.15) is 0 Å². The van der Waals surface area contributed by atoms with E-state index in [0.717, 1.165) is 0 Å². The van der Waals surface area contributed by atoms with Gasteiger partial charge < -0.3 is 0 Å². The van der Waals surface area contributed by atoms with Crippen LogP contribution in [0, 0.1) is 0 Å². The molecule has 0 saturated heterocycles. The van der Waals surface area contributed by atoms with Gasteiger partial charge in [-0.1, -0.05) is 0 Å². The van der Waals surface area contributed by atoms with Crippen molar-refractivity contribution >= 4 is 19.4 Å². The first-order valence-electron chi connectivity index (χ1n) is 8.11. The zero-order valence-electron chi connectivity index (χ0n) is 13.1. The van der Waals surface area contributed by atoms with Crippen LogP contribution in [0.3, 0.4) is 0 Å². The molecule has 20 heavy (non-hydrogen) atoms. The maximum atomic E-state index is 5.64. The summed E-state index contributed by atoms with van der Waals surface area (Å²) in [6.07, 6.45) is 12.3. The Kier molecular flexibility index (Phi) is 11.0. The number of benzene rings is 1. The molecular formula is C18H30OSe. The number of rotatable bonds is 12. The molecule has 0 bridgehead atoms. The molecular weight excluding hydrogens is 311 g/mol. The SMILES string of the molecule is CCCCCCCCCCC(OC)[Se]c1ccccc1. The number of ether oxygens (including phenoxy) is 1. The normalized spacial score (nSPS) is 12.5. The molecule has 0 aliphatic heterocycles. The first kappa shape index (κ1) is 17.8. The van der Waals surface area contributed by atoms with Crippen molar-refractivity contribution in [2.75, 3.05) is 7.11 Å². The molecule has 1 rings (SSSR count). The van der Waals surface area contributed by atoms with E-state index < -0.39 is 0 Å². The van der Waals surface area contributed by atoms with Crippen LogP contribution in [0.4, 0.5) is 0 Å². The van der Waals surface area contributed by atoms with Gasteiger partial charge in [0.1, 0.15) is 0 Å². The maximum absolute atomic E-state index is 5.64. The minimum absolute atomic E-state index is 0.449. The fourth-order valence-electron chi connectivity index (χ4n) is 2.32. The summed E-state index contributed by atoms with van der Waals surface area (Å²) in [6, 6.07) is 10.8. The molecule has 0 N–H and O–H groups in total. The predicted octanol–water partition coefficient (Wildman–Crippen LogP) is 4.52. The summed E-state index contributed by atoms with van der Waals surface area (Å²) < 4.78 is 7.09. The van der Waals surface area contributed by atoms with Gasteiger partial charge in [0.2, 0.25) is 0 Å². The molecule has 2 heteroatoms. The fourth-order valence-corrected chi connectivity index (χ4v) is 4.42. The van der Waals surface area contributed by atoms with Gasteiger partial charge in [0, 0.05) is 0 Å². The topological polar surface area (TPSA) is 9.23 Å². The van der Waals surface area contributed by atoms with Gasteiger partial charge >= 0.3 is 131 Å². The molecule has 0 aliphatic rings. The van der Waals surface area contributed by atoms with Gasteiger partial charge in [0.05, 0.1) is 0 Å². The van der Waals surface area contributed by atoms with Crippen LogP contribution in [0.5, 0.6) is 0 Å². The van der Waals surface area contributed by atoms with Crippen LogP contribution in [-0.4, -0.2) is 27.1 Å². The van der Waals surface area contributed by atoms with Gasteiger partial charge in [0.15, 0.2) is 0 Å². The van der Waals surface area contributed by atoms with Crippen molar-refractivity contribution in [3.05, 3.63) is 30.3 Å². The Morgan fingerprint density at radius 1 is 0.900 bits per heavy atom. The van der Waals surface area contributed by atoms with E-state index in [4.69, 9.17) is 4.74 Å². The number of methoxy groups -OCH3 is 1. The van der Waals surface area contributed by atoms with Crippen molar-refractivity contribution in [3.8, 4) is 0 Å². The van der Waals surface area contributed by atoms with Crippen molar-refractivity contribution < 1.29 is 4.74 Å². The monoisotopic (exact) mass is 342 g/mol. The van der Waals surface area contributed by atoms with Crippen LogP contribution >= 0.6 is 0 Å². The van der Waals surface area contributed by atoms with E-state index in [9.17, 15) is 0 Å². The van der Waals surface area contributed by atoms with Gasteiger partial charge in [-0.3, -0.25) is 0 Å². The quantitative estimate of drug-likeness (QED) is 0.401. The second kappa shape index (κ2) is 12.4. The first-order chi connectivity index (χ1) is 9.86. The van der Waals surface area contributed by atoms with E-state index in [1.54, 1.807) is 0 Å². The third-order valence-electron chi connectivity index (χ3n) is 3.57. The second-order valence-corrected chi connectivity index (χ2v) is 7.95. The van der Waals surface area contributed by atoms with E-state index in [-0.39, 0.29) is 0 Å². The average Bonchev–Trinajstić information content (AvgIpc) is 2.49. The molecule has 1 atom stereocenters. The zero-order chi connectivity index (χ0) is 14.5. The van der Waals surface area contributed by atoms with Crippen LogP contribution in [-0.2, 0) is 4.74 Å². The Morgan fingerprint density at radius 3 is 2.10 bits per heavy atom. The molecule has 1 unspecified atom stereocenters. The Labute approximate surface area is 131 Å². The summed E-state index contributed by atoms with van der Waals surface area (Å²) in [6.45, 7) is 2.28. The Bertz CT molecular complexity index is 312. The molecule has 1 nitrogen and oxygen atoms in total. The van der Waals surface area contributed by atoms with Crippen LogP contribution in [0.2, 0.25) is 0 Å². The number of unbranched alkanes of at least 4 members (excludes halogenated alkanes) is 7. The molecule has 0 amide bonds. The van der Waals surface area contributed by atoms with Crippen LogP contribution in [0.15, 0.2) is 30.3 Å². The van der Waals surface area contributed by atoms with Gasteiger partial charge in [-0.25, -0.2) is 0 Å². The summed E-state index contributed by atoms with van der Waals surface area (Å²) in [4.78, 5) is 0. The van der Waals surface area contributed by atoms with Crippen molar-refractivity contribution in [2.24, 2.45) is 0 Å². The summed E-state index contributed by atoms with van der Waals surface area (Å²) in [5.41, 5.74) is 0. The summed E-state index contributed by atoms with van der Waals surface area (Å²) in [5, 5.41) is 0.449. The van der Waals surface area contributed by atoms with Gasteiger partial charge in [-0.15, -0.1) is 0 Å². The molecule has 0 heterocycles. The Morgan fingerprint density at radius 2 is 1.50 bits per heavy atom. The summed E-state index contributed by atoms with van der Waals surface area (Å²) >= 11 is 0.455. The van der Waals surface area contributed by atoms with Crippen LogP contribution < -0.4 is 4.46 Å². The summed E-state index contributed by atoms with van der Waals surface area (Å²) in [5.74, 6) is 0. The molecule has 114 valence electrons. The van der Waals surface area contributed by atoms with Gasteiger partial charge in [0.25, 0.3) is 0 Å². The molecule has 0 aromatic heterocycles. The zero-order valence-corrected chi connectivity index (χ0v) is 14.9. The second-order valence-electron chi connectivity index (χ2n) is 5.36. The van der Waals surface area contributed by atoms with Crippen molar-refractivity contribution in [2.45, 2.75) is 69.7 Å². The minimum atomic E-state index is 0.449. The average molecular weight is 341 g/mol. The number of hydrogen-bond acceptors (Lipinski definition) is 1. The molecule has 0 fully saturated rings. The van der Waals surface area contributed by atoms with E-state index in [1.165, 1.54) is 62.2 Å². The van der Waals surface area contributed by atoms with E-state index >= 15 is 0 Å². The Balaban J connectivity index is 2.04. The van der Waals surface area contributed by atoms with Crippen LogP contribution in [0.1, 0.15) is 64.7 Å². The van der Waals surface area contributed by atoms with E-state index in [2.05, 4.69) is 37.3 Å².